The highest BCUT2D eigenvalue weighted by Crippen LogP contribution is 2.35. The number of hydrogen-bond acceptors (Lipinski definition) is 5. The Kier molecular flexibility index (Phi) is 3.50. The molecule has 2 aromatic rings. The Balaban J connectivity index is 1.45. The predicted octanol–water partition coefficient (Wildman–Crippen LogP) is 3.63. The van der Waals surface area contributed by atoms with Crippen LogP contribution in [0.2, 0.25) is 0 Å². The van der Waals surface area contributed by atoms with Crippen molar-refractivity contribution in [3.05, 3.63) is 33.5 Å². The average Bonchev–Trinajstić information content (AvgIpc) is 3.37. The molecule has 0 saturated heterocycles. The summed E-state index contributed by atoms with van der Waals surface area (Å²) < 4.78 is 0. The SMILES string of the molecule is c1csc(CN(c2nc(CNC3CC3)cs2)C2CC2)c1. The molecule has 0 amide bonds. The number of aromatic nitrogens is 1. The smallest absolute Gasteiger partial charge is 0.186 e. The van der Waals surface area contributed by atoms with Crippen LogP contribution in [0.1, 0.15) is 36.3 Å². The third kappa shape index (κ3) is 3.05. The zero-order valence-electron chi connectivity index (χ0n) is 11.4. The summed E-state index contributed by atoms with van der Waals surface area (Å²) in [6.45, 7) is 1.95. The van der Waals surface area contributed by atoms with Crippen molar-refractivity contribution < 1.29 is 0 Å². The van der Waals surface area contributed by atoms with Gasteiger partial charge in [-0.05, 0) is 37.1 Å². The lowest BCUT2D eigenvalue weighted by atomic mass is 10.4. The minimum Gasteiger partial charge on any atom is -0.340 e. The summed E-state index contributed by atoms with van der Waals surface area (Å²) in [5.41, 5.74) is 1.20. The zero-order valence-corrected chi connectivity index (χ0v) is 13.1. The Labute approximate surface area is 127 Å². The number of thiophene rings is 1. The Hall–Kier alpha value is -0.910. The van der Waals surface area contributed by atoms with E-state index in [1.54, 1.807) is 11.3 Å². The first-order chi connectivity index (χ1) is 9.88. The van der Waals surface area contributed by atoms with Gasteiger partial charge in [-0.3, -0.25) is 0 Å². The molecule has 3 nitrogen and oxygen atoms in total. The van der Waals surface area contributed by atoms with Crippen LogP contribution < -0.4 is 10.2 Å². The highest BCUT2D eigenvalue weighted by atomic mass is 32.1. The second-order valence-corrected chi connectivity index (χ2v) is 7.58. The van der Waals surface area contributed by atoms with Crippen molar-refractivity contribution in [3.8, 4) is 0 Å². The number of anilines is 1. The minimum atomic E-state index is 0.715. The fourth-order valence-corrected chi connectivity index (χ4v) is 3.95. The maximum absolute atomic E-state index is 4.84. The zero-order chi connectivity index (χ0) is 13.4. The highest BCUT2D eigenvalue weighted by molar-refractivity contribution is 7.13. The van der Waals surface area contributed by atoms with Gasteiger partial charge in [0, 0.05) is 28.9 Å². The lowest BCUT2D eigenvalue weighted by molar-refractivity contribution is 0.675. The van der Waals surface area contributed by atoms with Crippen LogP contribution in [0.3, 0.4) is 0 Å². The molecule has 0 unspecified atom stereocenters. The molecule has 2 fully saturated rings. The van der Waals surface area contributed by atoms with Crippen molar-refractivity contribution in [1.82, 2.24) is 10.3 Å². The lowest BCUT2D eigenvalue weighted by Crippen LogP contribution is -2.24. The molecule has 0 aromatic carbocycles. The van der Waals surface area contributed by atoms with Crippen LogP contribution >= 0.6 is 22.7 Å². The van der Waals surface area contributed by atoms with Gasteiger partial charge in [-0.2, -0.15) is 0 Å². The molecule has 0 aliphatic heterocycles. The maximum atomic E-state index is 4.84. The number of nitrogens with zero attached hydrogens (tertiary/aromatic N) is 2. The number of thiazole rings is 1. The first kappa shape index (κ1) is 12.8. The van der Waals surface area contributed by atoms with Crippen LogP contribution in [0.4, 0.5) is 5.13 Å². The summed E-state index contributed by atoms with van der Waals surface area (Å²) in [4.78, 5) is 8.77. The topological polar surface area (TPSA) is 28.2 Å². The molecular weight excluding hydrogens is 286 g/mol. The molecule has 0 spiro atoms. The van der Waals surface area contributed by atoms with Crippen LogP contribution in [0, 0.1) is 0 Å². The summed E-state index contributed by atoms with van der Waals surface area (Å²) in [5.74, 6) is 0. The molecule has 2 saturated carbocycles. The quantitative estimate of drug-likeness (QED) is 0.847. The van der Waals surface area contributed by atoms with E-state index < -0.39 is 0 Å². The van der Waals surface area contributed by atoms with Gasteiger partial charge in [0.15, 0.2) is 5.13 Å². The van der Waals surface area contributed by atoms with Crippen LogP contribution in [-0.2, 0) is 13.1 Å². The molecular formula is C15H19N3S2. The van der Waals surface area contributed by atoms with Crippen LogP contribution in [0.25, 0.3) is 0 Å². The predicted molar refractivity (Wildman–Crippen MR) is 85.5 cm³/mol. The molecule has 2 aromatic heterocycles. The molecule has 0 atom stereocenters. The average molecular weight is 305 g/mol. The molecule has 20 heavy (non-hydrogen) atoms. The van der Waals surface area contributed by atoms with Crippen molar-refractivity contribution in [2.24, 2.45) is 0 Å². The molecule has 106 valence electrons. The van der Waals surface area contributed by atoms with E-state index in [2.05, 4.69) is 33.1 Å². The molecule has 0 bridgehead atoms. The minimum absolute atomic E-state index is 0.715. The van der Waals surface area contributed by atoms with E-state index in [0.29, 0.717) is 6.04 Å². The highest BCUT2D eigenvalue weighted by Gasteiger charge is 2.31. The molecule has 2 aliphatic carbocycles. The number of nitrogens with one attached hydrogen (secondary N) is 1. The van der Waals surface area contributed by atoms with Crippen LogP contribution in [-0.4, -0.2) is 17.1 Å². The summed E-state index contributed by atoms with van der Waals surface area (Å²) in [7, 11) is 0. The third-order valence-electron chi connectivity index (χ3n) is 3.83. The van der Waals surface area contributed by atoms with Gasteiger partial charge >= 0.3 is 0 Å². The number of rotatable bonds is 7. The molecule has 2 aliphatic rings. The normalized spacial score (nSPS) is 18.4. The molecule has 1 N–H and O–H groups in total. The van der Waals surface area contributed by atoms with E-state index in [0.717, 1.165) is 19.1 Å². The Morgan fingerprint density at radius 3 is 2.85 bits per heavy atom. The summed E-state index contributed by atoms with van der Waals surface area (Å²) in [6.07, 6.45) is 5.31. The number of hydrogen-bond donors (Lipinski definition) is 1. The van der Waals surface area contributed by atoms with Crippen molar-refractivity contribution >= 4 is 27.8 Å². The molecule has 5 heteroatoms. The van der Waals surface area contributed by atoms with Gasteiger partial charge in [0.2, 0.25) is 0 Å². The van der Waals surface area contributed by atoms with E-state index in [4.69, 9.17) is 4.98 Å². The van der Waals surface area contributed by atoms with E-state index >= 15 is 0 Å². The second-order valence-electron chi connectivity index (χ2n) is 5.72. The molecule has 4 rings (SSSR count). The monoisotopic (exact) mass is 305 g/mol. The van der Waals surface area contributed by atoms with E-state index in [-0.39, 0.29) is 0 Å². The largest absolute Gasteiger partial charge is 0.340 e. The Morgan fingerprint density at radius 2 is 2.15 bits per heavy atom. The summed E-state index contributed by atoms with van der Waals surface area (Å²) in [6, 6.07) is 5.83. The van der Waals surface area contributed by atoms with E-state index in [1.165, 1.54) is 41.4 Å². The van der Waals surface area contributed by atoms with Crippen molar-refractivity contribution in [3.63, 3.8) is 0 Å². The van der Waals surface area contributed by atoms with Gasteiger partial charge in [-0.25, -0.2) is 4.98 Å². The Morgan fingerprint density at radius 1 is 1.25 bits per heavy atom. The van der Waals surface area contributed by atoms with Gasteiger partial charge < -0.3 is 10.2 Å². The van der Waals surface area contributed by atoms with E-state index in [9.17, 15) is 0 Å². The maximum Gasteiger partial charge on any atom is 0.186 e. The first-order valence-corrected chi connectivity index (χ1v) is 9.11. The van der Waals surface area contributed by atoms with Crippen LogP contribution in [0.5, 0.6) is 0 Å². The van der Waals surface area contributed by atoms with Crippen molar-refractivity contribution in [2.45, 2.75) is 50.9 Å². The van der Waals surface area contributed by atoms with Gasteiger partial charge in [0.05, 0.1) is 12.2 Å². The van der Waals surface area contributed by atoms with Gasteiger partial charge in [0.1, 0.15) is 0 Å². The molecule has 2 heterocycles. The molecule has 0 radical (unpaired) electrons. The van der Waals surface area contributed by atoms with Gasteiger partial charge in [-0.1, -0.05) is 6.07 Å². The van der Waals surface area contributed by atoms with Crippen molar-refractivity contribution in [1.29, 1.82) is 0 Å². The van der Waals surface area contributed by atoms with Crippen LogP contribution in [0.15, 0.2) is 22.9 Å². The van der Waals surface area contributed by atoms with Gasteiger partial charge in [0.25, 0.3) is 0 Å². The fourth-order valence-electron chi connectivity index (χ4n) is 2.36. The van der Waals surface area contributed by atoms with E-state index in [1.807, 2.05) is 11.3 Å². The fraction of sp³-hybridized carbons (Fsp3) is 0.533. The first-order valence-electron chi connectivity index (χ1n) is 7.35. The van der Waals surface area contributed by atoms with Gasteiger partial charge in [-0.15, -0.1) is 22.7 Å². The summed E-state index contributed by atoms with van der Waals surface area (Å²) in [5, 5.41) is 9.12. The second kappa shape index (κ2) is 5.47. The Bertz CT molecular complexity index is 555. The third-order valence-corrected chi connectivity index (χ3v) is 5.62. The summed E-state index contributed by atoms with van der Waals surface area (Å²) >= 11 is 3.64. The standard InChI is InChI=1S/C15H19N3S2/c1-2-14(19-7-1)9-18(13-5-6-13)15-17-12(10-20-15)8-16-11-3-4-11/h1-2,7,10-11,13,16H,3-6,8-9H2. The lowest BCUT2D eigenvalue weighted by Gasteiger charge is -2.20. The van der Waals surface area contributed by atoms with Crippen molar-refractivity contribution in [2.75, 3.05) is 4.90 Å².